The molecular weight excluding hydrogens is 284 g/mol. The second kappa shape index (κ2) is 7.20. The van der Waals surface area contributed by atoms with Crippen molar-refractivity contribution in [2.75, 3.05) is 6.61 Å². The van der Waals surface area contributed by atoms with Gasteiger partial charge in [0.1, 0.15) is 5.75 Å². The molecule has 5 heteroatoms. The molecular formula is C17H22O5. The Labute approximate surface area is 130 Å². The van der Waals surface area contributed by atoms with Crippen LogP contribution in [0.1, 0.15) is 50.5 Å². The lowest BCUT2D eigenvalue weighted by Crippen LogP contribution is -2.25. The van der Waals surface area contributed by atoms with Crippen molar-refractivity contribution in [3.05, 3.63) is 29.3 Å². The number of rotatable bonds is 5. The number of esters is 2. The standard InChI is InChI=1S/C17H22O5/c1-6-21-15(19)10-12-9-13(7-8-14(12)11(2)18)22-16(20)17(3,4)5/h7-9H,6,10H2,1-5H3. The summed E-state index contributed by atoms with van der Waals surface area (Å²) in [4.78, 5) is 35.2. The molecule has 0 unspecified atom stereocenters. The van der Waals surface area contributed by atoms with E-state index in [-0.39, 0.29) is 24.8 Å². The first-order valence-electron chi connectivity index (χ1n) is 7.17. The molecule has 0 aliphatic carbocycles. The van der Waals surface area contributed by atoms with E-state index in [4.69, 9.17) is 9.47 Å². The topological polar surface area (TPSA) is 69.7 Å². The molecule has 0 radical (unpaired) electrons. The molecule has 120 valence electrons. The van der Waals surface area contributed by atoms with Gasteiger partial charge in [-0.2, -0.15) is 0 Å². The van der Waals surface area contributed by atoms with Gasteiger partial charge in [0.2, 0.25) is 0 Å². The van der Waals surface area contributed by atoms with Gasteiger partial charge in [-0.25, -0.2) is 0 Å². The van der Waals surface area contributed by atoms with E-state index in [1.54, 1.807) is 39.8 Å². The van der Waals surface area contributed by atoms with Gasteiger partial charge >= 0.3 is 11.9 Å². The summed E-state index contributed by atoms with van der Waals surface area (Å²) < 4.78 is 10.2. The Morgan fingerprint density at radius 1 is 1.14 bits per heavy atom. The highest BCUT2D eigenvalue weighted by molar-refractivity contribution is 5.97. The Balaban J connectivity index is 3.06. The molecule has 0 fully saturated rings. The third kappa shape index (κ3) is 4.98. The van der Waals surface area contributed by atoms with E-state index in [0.717, 1.165) is 0 Å². The Hall–Kier alpha value is -2.17. The van der Waals surface area contributed by atoms with Crippen LogP contribution in [0, 0.1) is 5.41 Å². The number of carbonyl (C=O) groups excluding carboxylic acids is 3. The maximum absolute atomic E-state index is 11.9. The van der Waals surface area contributed by atoms with E-state index in [9.17, 15) is 14.4 Å². The molecule has 0 aliphatic heterocycles. The van der Waals surface area contributed by atoms with Crippen molar-refractivity contribution in [2.24, 2.45) is 5.41 Å². The molecule has 0 spiro atoms. The highest BCUT2D eigenvalue weighted by Gasteiger charge is 2.24. The highest BCUT2D eigenvalue weighted by atomic mass is 16.5. The van der Waals surface area contributed by atoms with Crippen molar-refractivity contribution in [3.63, 3.8) is 0 Å². The molecule has 0 aromatic heterocycles. The minimum absolute atomic E-state index is 0.0380. The van der Waals surface area contributed by atoms with Crippen molar-refractivity contribution in [1.29, 1.82) is 0 Å². The number of ether oxygens (including phenoxy) is 2. The quantitative estimate of drug-likeness (QED) is 0.475. The van der Waals surface area contributed by atoms with E-state index in [1.165, 1.54) is 13.0 Å². The third-order valence-electron chi connectivity index (χ3n) is 2.92. The minimum atomic E-state index is -0.638. The number of hydrogen-bond acceptors (Lipinski definition) is 5. The molecule has 22 heavy (non-hydrogen) atoms. The van der Waals surface area contributed by atoms with Crippen molar-refractivity contribution in [1.82, 2.24) is 0 Å². The number of hydrogen-bond donors (Lipinski definition) is 0. The SMILES string of the molecule is CCOC(=O)Cc1cc(OC(=O)C(C)(C)C)ccc1C(C)=O. The average Bonchev–Trinajstić information content (AvgIpc) is 2.37. The Kier molecular flexibility index (Phi) is 5.85. The van der Waals surface area contributed by atoms with Gasteiger partial charge in [0, 0.05) is 5.56 Å². The van der Waals surface area contributed by atoms with E-state index >= 15 is 0 Å². The molecule has 0 atom stereocenters. The lowest BCUT2D eigenvalue weighted by Gasteiger charge is -2.17. The second-order valence-electron chi connectivity index (χ2n) is 6.00. The summed E-state index contributed by atoms with van der Waals surface area (Å²) >= 11 is 0. The van der Waals surface area contributed by atoms with E-state index in [1.807, 2.05) is 0 Å². The van der Waals surface area contributed by atoms with E-state index in [2.05, 4.69) is 0 Å². The fourth-order valence-electron chi connectivity index (χ4n) is 1.75. The van der Waals surface area contributed by atoms with Crippen LogP contribution in [0.3, 0.4) is 0 Å². The smallest absolute Gasteiger partial charge is 0.316 e. The largest absolute Gasteiger partial charge is 0.466 e. The van der Waals surface area contributed by atoms with Crippen LogP contribution in [-0.2, 0) is 20.7 Å². The minimum Gasteiger partial charge on any atom is -0.466 e. The predicted octanol–water partition coefficient (Wildman–Crippen LogP) is 2.95. The third-order valence-corrected chi connectivity index (χ3v) is 2.92. The lowest BCUT2D eigenvalue weighted by atomic mass is 9.97. The first kappa shape index (κ1) is 17.9. The average molecular weight is 306 g/mol. The van der Waals surface area contributed by atoms with Crippen LogP contribution in [0.2, 0.25) is 0 Å². The van der Waals surface area contributed by atoms with Crippen molar-refractivity contribution >= 4 is 17.7 Å². The number of ketones is 1. The normalized spacial score (nSPS) is 11.0. The van der Waals surface area contributed by atoms with Gasteiger partial charge in [0.15, 0.2) is 5.78 Å². The molecule has 1 aromatic rings. The Bertz CT molecular complexity index is 581. The number of benzene rings is 1. The predicted molar refractivity (Wildman–Crippen MR) is 81.9 cm³/mol. The van der Waals surface area contributed by atoms with E-state index < -0.39 is 11.4 Å². The van der Waals surface area contributed by atoms with Gasteiger partial charge in [0.05, 0.1) is 18.4 Å². The van der Waals surface area contributed by atoms with Crippen molar-refractivity contribution < 1.29 is 23.9 Å². The Morgan fingerprint density at radius 2 is 1.77 bits per heavy atom. The zero-order valence-corrected chi connectivity index (χ0v) is 13.7. The fourth-order valence-corrected chi connectivity index (χ4v) is 1.75. The summed E-state index contributed by atoms with van der Waals surface area (Å²) in [6, 6.07) is 4.65. The summed E-state index contributed by atoms with van der Waals surface area (Å²) in [5, 5.41) is 0. The van der Waals surface area contributed by atoms with Crippen molar-refractivity contribution in [3.8, 4) is 5.75 Å². The van der Waals surface area contributed by atoms with E-state index in [0.29, 0.717) is 16.9 Å². The summed E-state index contributed by atoms with van der Waals surface area (Å²) in [5.74, 6) is -0.660. The van der Waals surface area contributed by atoms with Crippen LogP contribution >= 0.6 is 0 Å². The van der Waals surface area contributed by atoms with Gasteiger partial charge < -0.3 is 9.47 Å². The van der Waals surface area contributed by atoms with Gasteiger partial charge in [-0.3, -0.25) is 14.4 Å². The Morgan fingerprint density at radius 3 is 2.27 bits per heavy atom. The van der Waals surface area contributed by atoms with Gasteiger partial charge in [-0.05, 0) is 58.4 Å². The van der Waals surface area contributed by atoms with Crippen LogP contribution in [0.5, 0.6) is 5.75 Å². The lowest BCUT2D eigenvalue weighted by molar-refractivity contribution is -0.143. The summed E-state index contributed by atoms with van der Waals surface area (Å²) in [6.45, 7) is 8.65. The van der Waals surface area contributed by atoms with Gasteiger partial charge in [-0.15, -0.1) is 0 Å². The summed E-state index contributed by atoms with van der Waals surface area (Å²) in [6.07, 6.45) is -0.0380. The van der Waals surface area contributed by atoms with Crippen LogP contribution in [-0.4, -0.2) is 24.3 Å². The molecule has 0 aliphatic rings. The first-order valence-corrected chi connectivity index (χ1v) is 7.17. The van der Waals surface area contributed by atoms with Gasteiger partial charge in [-0.1, -0.05) is 0 Å². The summed E-state index contributed by atoms with van der Waals surface area (Å²) in [7, 11) is 0. The number of carbonyl (C=O) groups is 3. The van der Waals surface area contributed by atoms with Crippen LogP contribution in [0.25, 0.3) is 0 Å². The second-order valence-corrected chi connectivity index (χ2v) is 6.00. The fraction of sp³-hybridized carbons (Fsp3) is 0.471. The van der Waals surface area contributed by atoms with Crippen LogP contribution in [0.15, 0.2) is 18.2 Å². The highest BCUT2D eigenvalue weighted by Crippen LogP contribution is 2.23. The molecule has 0 saturated heterocycles. The maximum Gasteiger partial charge on any atom is 0.316 e. The molecule has 5 nitrogen and oxygen atoms in total. The molecule has 0 bridgehead atoms. The first-order chi connectivity index (χ1) is 10.1. The summed E-state index contributed by atoms with van der Waals surface area (Å²) in [5.41, 5.74) is 0.273. The molecule has 1 rings (SSSR count). The maximum atomic E-state index is 11.9. The zero-order valence-electron chi connectivity index (χ0n) is 13.7. The zero-order chi connectivity index (χ0) is 16.9. The molecule has 0 amide bonds. The van der Waals surface area contributed by atoms with Crippen molar-refractivity contribution in [2.45, 2.75) is 41.0 Å². The molecule has 0 heterocycles. The van der Waals surface area contributed by atoms with Crippen LogP contribution in [0.4, 0.5) is 0 Å². The monoisotopic (exact) mass is 306 g/mol. The molecule has 0 saturated carbocycles. The van der Waals surface area contributed by atoms with Gasteiger partial charge in [0.25, 0.3) is 0 Å². The molecule has 0 N–H and O–H groups in total. The van der Waals surface area contributed by atoms with Crippen LogP contribution < -0.4 is 4.74 Å². The molecule has 1 aromatic carbocycles. The number of Topliss-reactive ketones (excluding diaryl/α,β-unsaturated/α-hetero) is 1.